The Kier molecular flexibility index (Phi) is 3.41. The summed E-state index contributed by atoms with van der Waals surface area (Å²) in [5.74, 6) is -0.259. The molecule has 1 saturated heterocycles. The fourth-order valence-corrected chi connectivity index (χ4v) is 3.42. The third kappa shape index (κ3) is 2.46. The molecule has 18 heavy (non-hydrogen) atoms. The second kappa shape index (κ2) is 5.03. The van der Waals surface area contributed by atoms with Gasteiger partial charge in [-0.25, -0.2) is 0 Å². The van der Waals surface area contributed by atoms with Crippen LogP contribution in [0.4, 0.5) is 0 Å². The number of ether oxygens (including phenoxy) is 3. The molecule has 1 aliphatic carbocycles. The van der Waals surface area contributed by atoms with Gasteiger partial charge in [0.1, 0.15) is 0 Å². The molecule has 0 atom stereocenters. The third-order valence-corrected chi connectivity index (χ3v) is 4.61. The minimum absolute atomic E-state index is 0.259. The van der Waals surface area contributed by atoms with Crippen LogP contribution in [0.2, 0.25) is 0 Å². The van der Waals surface area contributed by atoms with Crippen LogP contribution < -0.4 is 4.74 Å². The van der Waals surface area contributed by atoms with Crippen molar-refractivity contribution in [3.05, 3.63) is 22.6 Å². The maximum atomic E-state index is 5.73. The summed E-state index contributed by atoms with van der Waals surface area (Å²) in [6.07, 6.45) is 6.40. The molecule has 1 aromatic rings. The number of rotatable bonds is 2. The first-order valence-corrected chi connectivity index (χ1v) is 7.22. The Morgan fingerprint density at radius 1 is 1.22 bits per heavy atom. The van der Waals surface area contributed by atoms with Crippen molar-refractivity contribution in [2.24, 2.45) is 0 Å². The number of methoxy groups -OCH3 is 1. The summed E-state index contributed by atoms with van der Waals surface area (Å²) in [4.78, 5) is 1.27. The van der Waals surface area contributed by atoms with Crippen LogP contribution in [-0.4, -0.2) is 26.1 Å². The summed E-state index contributed by atoms with van der Waals surface area (Å²) in [5, 5.41) is 0.969. The Morgan fingerprint density at radius 3 is 2.56 bits per heavy atom. The topological polar surface area (TPSA) is 27.7 Å². The van der Waals surface area contributed by atoms with Gasteiger partial charge in [-0.05, 0) is 31.1 Å². The lowest BCUT2D eigenvalue weighted by molar-refractivity contribution is -0.171. The molecule has 3 rings (SSSR count). The van der Waals surface area contributed by atoms with Gasteiger partial charge in [0, 0.05) is 17.7 Å². The number of hydrogen-bond donors (Lipinski definition) is 0. The zero-order valence-electron chi connectivity index (χ0n) is 10.6. The van der Waals surface area contributed by atoms with Crippen molar-refractivity contribution in [1.82, 2.24) is 0 Å². The Hall–Kier alpha value is -0.840. The molecule has 0 N–H and O–H groups in total. The highest BCUT2D eigenvalue weighted by atomic mass is 32.1. The maximum absolute atomic E-state index is 5.73. The van der Waals surface area contributed by atoms with Gasteiger partial charge in [-0.2, -0.15) is 0 Å². The molecule has 4 heteroatoms. The molecule has 2 heterocycles. The first-order chi connectivity index (χ1) is 8.80. The third-order valence-electron chi connectivity index (χ3n) is 3.62. The zero-order valence-corrected chi connectivity index (χ0v) is 11.4. The van der Waals surface area contributed by atoms with Crippen molar-refractivity contribution in [2.45, 2.75) is 31.5 Å². The number of allylic oxidation sites excluding steroid dienone is 1. The Balaban J connectivity index is 1.65. The van der Waals surface area contributed by atoms with Gasteiger partial charge in [0.25, 0.3) is 0 Å². The van der Waals surface area contributed by atoms with Crippen molar-refractivity contribution in [1.29, 1.82) is 0 Å². The summed E-state index contributed by atoms with van der Waals surface area (Å²) in [5.41, 5.74) is 1.49. The van der Waals surface area contributed by atoms with E-state index in [1.54, 1.807) is 18.4 Å². The van der Waals surface area contributed by atoms with Gasteiger partial charge in [0.2, 0.25) is 0 Å². The average molecular weight is 266 g/mol. The zero-order chi connectivity index (χ0) is 12.4. The highest BCUT2D eigenvalue weighted by Gasteiger charge is 2.38. The number of hydrogen-bond acceptors (Lipinski definition) is 4. The Bertz CT molecular complexity index is 432. The molecule has 2 fully saturated rings. The largest absolute Gasteiger partial charge is 0.487 e. The highest BCUT2D eigenvalue weighted by molar-refractivity contribution is 7.14. The molecule has 1 aliphatic heterocycles. The van der Waals surface area contributed by atoms with Crippen molar-refractivity contribution < 1.29 is 14.2 Å². The summed E-state index contributed by atoms with van der Waals surface area (Å²) in [6.45, 7) is 1.50. The van der Waals surface area contributed by atoms with Gasteiger partial charge in [0.05, 0.1) is 20.3 Å². The van der Waals surface area contributed by atoms with Crippen molar-refractivity contribution in [2.75, 3.05) is 20.3 Å². The summed E-state index contributed by atoms with van der Waals surface area (Å²) < 4.78 is 16.7. The van der Waals surface area contributed by atoms with Gasteiger partial charge >= 0.3 is 0 Å². The van der Waals surface area contributed by atoms with E-state index in [4.69, 9.17) is 14.2 Å². The van der Waals surface area contributed by atoms with Crippen LogP contribution in [-0.2, 0) is 9.47 Å². The molecular formula is C14H18O3S. The molecule has 0 amide bonds. The van der Waals surface area contributed by atoms with Crippen LogP contribution in [0.15, 0.2) is 17.7 Å². The van der Waals surface area contributed by atoms with E-state index < -0.39 is 0 Å². The minimum atomic E-state index is -0.259. The first-order valence-electron chi connectivity index (χ1n) is 6.41. The van der Waals surface area contributed by atoms with Crippen LogP contribution in [0, 0.1) is 0 Å². The smallest absolute Gasteiger partial charge is 0.173 e. The second-order valence-corrected chi connectivity index (χ2v) is 5.85. The van der Waals surface area contributed by atoms with Crippen molar-refractivity contribution in [3.8, 4) is 5.06 Å². The molecule has 3 nitrogen and oxygen atoms in total. The normalized spacial score (nSPS) is 22.4. The van der Waals surface area contributed by atoms with E-state index in [-0.39, 0.29) is 5.79 Å². The standard InChI is InChI=1S/C14H18O3S/c1-15-13-3-2-12(18-13)10-11-4-6-14(7-5-11)16-8-9-17-14/h2-3,10H,4-9H2,1H3. The Morgan fingerprint density at radius 2 is 1.94 bits per heavy atom. The molecule has 1 aromatic heterocycles. The van der Waals surface area contributed by atoms with E-state index in [0.29, 0.717) is 0 Å². The average Bonchev–Trinajstić information content (AvgIpc) is 3.02. The van der Waals surface area contributed by atoms with Gasteiger partial charge < -0.3 is 14.2 Å². The molecule has 0 bridgehead atoms. The molecule has 2 aliphatic rings. The fraction of sp³-hybridized carbons (Fsp3) is 0.571. The van der Waals surface area contributed by atoms with Gasteiger partial charge in [-0.3, -0.25) is 0 Å². The lowest BCUT2D eigenvalue weighted by Crippen LogP contribution is -2.32. The molecule has 1 spiro atoms. The summed E-state index contributed by atoms with van der Waals surface area (Å²) >= 11 is 1.69. The molecule has 1 saturated carbocycles. The van der Waals surface area contributed by atoms with Crippen LogP contribution in [0.25, 0.3) is 6.08 Å². The lowest BCUT2D eigenvalue weighted by Gasteiger charge is -2.32. The van der Waals surface area contributed by atoms with Crippen LogP contribution in [0.3, 0.4) is 0 Å². The van der Waals surface area contributed by atoms with E-state index in [2.05, 4.69) is 12.1 Å². The fourth-order valence-electron chi connectivity index (χ4n) is 2.60. The molecular weight excluding hydrogens is 248 g/mol. The predicted octanol–water partition coefficient (Wildman–Crippen LogP) is 3.46. The van der Waals surface area contributed by atoms with Crippen LogP contribution in [0.5, 0.6) is 5.06 Å². The van der Waals surface area contributed by atoms with Crippen molar-refractivity contribution >= 4 is 17.4 Å². The molecule has 0 aromatic carbocycles. The Labute approximate surface area is 111 Å². The van der Waals surface area contributed by atoms with Crippen molar-refractivity contribution in [3.63, 3.8) is 0 Å². The summed E-state index contributed by atoms with van der Waals surface area (Å²) in [7, 11) is 1.71. The SMILES string of the molecule is COc1ccc(C=C2CCC3(CC2)OCCO3)s1. The lowest BCUT2D eigenvalue weighted by atomic mass is 9.89. The molecule has 98 valence electrons. The highest BCUT2D eigenvalue weighted by Crippen LogP contribution is 2.39. The second-order valence-electron chi connectivity index (χ2n) is 4.77. The first kappa shape index (κ1) is 12.2. The predicted molar refractivity (Wildman–Crippen MR) is 72.0 cm³/mol. The van der Waals surface area contributed by atoms with E-state index in [9.17, 15) is 0 Å². The van der Waals surface area contributed by atoms with E-state index in [0.717, 1.165) is 44.0 Å². The van der Waals surface area contributed by atoms with E-state index >= 15 is 0 Å². The molecule has 0 unspecified atom stereocenters. The van der Waals surface area contributed by atoms with E-state index in [1.807, 2.05) is 6.07 Å². The van der Waals surface area contributed by atoms with Gasteiger partial charge in [-0.1, -0.05) is 16.9 Å². The quantitative estimate of drug-likeness (QED) is 0.820. The monoisotopic (exact) mass is 266 g/mol. The van der Waals surface area contributed by atoms with Crippen LogP contribution in [0.1, 0.15) is 30.6 Å². The summed E-state index contributed by atoms with van der Waals surface area (Å²) in [6, 6.07) is 4.13. The van der Waals surface area contributed by atoms with Gasteiger partial charge in [0.15, 0.2) is 10.9 Å². The van der Waals surface area contributed by atoms with Gasteiger partial charge in [-0.15, -0.1) is 0 Å². The number of thiophene rings is 1. The van der Waals surface area contributed by atoms with Crippen LogP contribution >= 0.6 is 11.3 Å². The minimum Gasteiger partial charge on any atom is -0.487 e. The maximum Gasteiger partial charge on any atom is 0.173 e. The van der Waals surface area contributed by atoms with E-state index in [1.165, 1.54) is 10.5 Å². The molecule has 0 radical (unpaired) electrons.